The Hall–Kier alpha value is -4.11. The van der Waals surface area contributed by atoms with E-state index in [-0.39, 0.29) is 11.6 Å². The van der Waals surface area contributed by atoms with Crippen LogP contribution in [0.2, 0.25) is 0 Å². The number of aromatic nitrogens is 3. The number of nitrogens with zero attached hydrogens (tertiary/aromatic N) is 4. The van der Waals surface area contributed by atoms with Crippen molar-refractivity contribution < 1.29 is 8.78 Å². The van der Waals surface area contributed by atoms with Crippen LogP contribution in [0.1, 0.15) is 72.4 Å². The highest BCUT2D eigenvalue weighted by Crippen LogP contribution is 2.33. The highest BCUT2D eigenvalue weighted by atomic mass is 19.1. The average molecular weight is 621 g/mol. The number of pyridine rings is 1. The molecule has 7 nitrogen and oxygen atoms in total. The highest BCUT2D eigenvalue weighted by molar-refractivity contribution is 5.94. The standard InChI is InChI=1S/C32H38F2N6O.2C2H6/c1-6-18-35-22(5)23-12-9-13-24(21(23)4)29-25-16-17-28(41)40(30-26(33)14-10-15-27(30)34)31(25)38-32(37-29)36-19-11-20-39(7-2)8-3;2*1-2/h9-10,12-17,35H,5-8,11,18-20H2,1-4H3,(H,36,37,38);2*1-2H3. The van der Waals surface area contributed by atoms with Gasteiger partial charge in [0.2, 0.25) is 5.95 Å². The smallest absolute Gasteiger partial charge is 0.256 e. The van der Waals surface area contributed by atoms with Crippen molar-refractivity contribution in [3.8, 4) is 16.9 Å². The number of rotatable bonds is 13. The van der Waals surface area contributed by atoms with Crippen LogP contribution in [0.15, 0.2) is 59.9 Å². The van der Waals surface area contributed by atoms with E-state index in [0.717, 1.165) is 78.1 Å². The van der Waals surface area contributed by atoms with Crippen molar-refractivity contribution in [1.29, 1.82) is 0 Å². The third kappa shape index (κ3) is 8.97. The zero-order chi connectivity index (χ0) is 33.5. The van der Waals surface area contributed by atoms with Gasteiger partial charge in [0.25, 0.3) is 5.56 Å². The van der Waals surface area contributed by atoms with Gasteiger partial charge in [0.1, 0.15) is 17.3 Å². The van der Waals surface area contributed by atoms with Crippen molar-refractivity contribution >= 4 is 22.7 Å². The van der Waals surface area contributed by atoms with Crippen LogP contribution in [0.3, 0.4) is 0 Å². The van der Waals surface area contributed by atoms with E-state index in [1.807, 2.05) is 52.8 Å². The molecule has 0 saturated carbocycles. The number of halogens is 2. The van der Waals surface area contributed by atoms with E-state index in [9.17, 15) is 13.6 Å². The largest absolute Gasteiger partial charge is 0.385 e. The van der Waals surface area contributed by atoms with Crippen LogP contribution < -0.4 is 16.2 Å². The highest BCUT2D eigenvalue weighted by Gasteiger charge is 2.21. The lowest BCUT2D eigenvalue weighted by molar-refractivity contribution is 0.303. The van der Waals surface area contributed by atoms with Gasteiger partial charge < -0.3 is 15.5 Å². The number of anilines is 1. The predicted octanol–water partition coefficient (Wildman–Crippen LogP) is 8.20. The van der Waals surface area contributed by atoms with Gasteiger partial charge in [0.05, 0.1) is 5.69 Å². The third-order valence-corrected chi connectivity index (χ3v) is 7.24. The van der Waals surface area contributed by atoms with Gasteiger partial charge in [-0.15, -0.1) is 0 Å². The summed E-state index contributed by atoms with van der Waals surface area (Å²) in [5.74, 6) is -1.44. The minimum atomic E-state index is -0.857. The van der Waals surface area contributed by atoms with E-state index in [1.165, 1.54) is 12.1 Å². The van der Waals surface area contributed by atoms with E-state index >= 15 is 0 Å². The van der Waals surface area contributed by atoms with Crippen molar-refractivity contribution in [3.63, 3.8) is 0 Å². The molecule has 0 aliphatic heterocycles. The van der Waals surface area contributed by atoms with Gasteiger partial charge in [0, 0.05) is 41.4 Å². The molecule has 2 N–H and O–H groups in total. The Morgan fingerprint density at radius 2 is 1.56 bits per heavy atom. The molecule has 0 spiro atoms. The summed E-state index contributed by atoms with van der Waals surface area (Å²) in [6.07, 6.45) is 1.81. The van der Waals surface area contributed by atoms with Crippen LogP contribution in [-0.4, -0.2) is 52.2 Å². The number of fused-ring (bicyclic) bond motifs is 1. The van der Waals surface area contributed by atoms with E-state index in [1.54, 1.807) is 6.07 Å². The first kappa shape index (κ1) is 37.1. The summed E-state index contributed by atoms with van der Waals surface area (Å²) in [6, 6.07) is 12.3. The van der Waals surface area contributed by atoms with Crippen molar-refractivity contribution in [2.45, 2.75) is 68.2 Å². The quantitative estimate of drug-likeness (QED) is 0.147. The molecule has 9 heteroatoms. The van der Waals surface area contributed by atoms with Gasteiger partial charge in [0.15, 0.2) is 5.65 Å². The average Bonchev–Trinajstić information content (AvgIpc) is 3.06. The second-order valence-corrected chi connectivity index (χ2v) is 9.90. The molecule has 244 valence electrons. The molecule has 0 atom stereocenters. The normalized spacial score (nSPS) is 10.6. The Morgan fingerprint density at radius 3 is 2.18 bits per heavy atom. The summed E-state index contributed by atoms with van der Waals surface area (Å²) in [7, 11) is 0. The minimum absolute atomic E-state index is 0.116. The Morgan fingerprint density at radius 1 is 0.911 bits per heavy atom. The third-order valence-electron chi connectivity index (χ3n) is 7.24. The van der Waals surface area contributed by atoms with Gasteiger partial charge in [-0.25, -0.2) is 13.8 Å². The van der Waals surface area contributed by atoms with Crippen LogP contribution in [0, 0.1) is 18.6 Å². The Labute approximate surface area is 267 Å². The molecule has 0 radical (unpaired) electrons. The first-order valence-electron chi connectivity index (χ1n) is 16.2. The summed E-state index contributed by atoms with van der Waals surface area (Å²) in [5, 5.41) is 7.12. The SMILES string of the molecule is C=C(NCCC)c1cccc(-c2nc(NCCCN(CC)CC)nc3c2ccc(=O)n3-c2c(F)cccc2F)c1C.CC.CC. The fourth-order valence-corrected chi connectivity index (χ4v) is 4.95. The number of hydrogen-bond acceptors (Lipinski definition) is 6. The molecule has 0 unspecified atom stereocenters. The molecule has 4 rings (SSSR count). The van der Waals surface area contributed by atoms with Crippen molar-refractivity contribution in [2.24, 2.45) is 0 Å². The lowest BCUT2D eigenvalue weighted by atomic mass is 9.96. The minimum Gasteiger partial charge on any atom is -0.385 e. The van der Waals surface area contributed by atoms with Crippen LogP contribution >= 0.6 is 0 Å². The van der Waals surface area contributed by atoms with Crippen LogP contribution in [0.4, 0.5) is 14.7 Å². The molecule has 0 fully saturated rings. The summed E-state index contributed by atoms with van der Waals surface area (Å²) in [4.78, 5) is 25.0. The fraction of sp³-hybridized carbons (Fsp3) is 0.417. The van der Waals surface area contributed by atoms with E-state index in [2.05, 4.69) is 47.9 Å². The lowest BCUT2D eigenvalue weighted by Gasteiger charge is -2.19. The van der Waals surface area contributed by atoms with Crippen molar-refractivity contribution in [1.82, 2.24) is 24.8 Å². The van der Waals surface area contributed by atoms with Crippen LogP contribution in [-0.2, 0) is 0 Å². The molecule has 0 saturated heterocycles. The molecule has 0 amide bonds. The van der Waals surface area contributed by atoms with Gasteiger partial charge >= 0.3 is 0 Å². The summed E-state index contributed by atoms with van der Waals surface area (Å²) in [6.45, 7) is 24.7. The van der Waals surface area contributed by atoms with Gasteiger partial charge in [-0.05, 0) is 63.2 Å². The number of nitrogens with one attached hydrogen (secondary N) is 2. The van der Waals surface area contributed by atoms with Gasteiger partial charge in [-0.3, -0.25) is 9.36 Å². The van der Waals surface area contributed by atoms with Crippen LogP contribution in [0.25, 0.3) is 33.7 Å². The first-order chi connectivity index (χ1) is 21.8. The molecule has 0 aliphatic rings. The Kier molecular flexibility index (Phi) is 15.4. The van der Waals surface area contributed by atoms with Gasteiger partial charge in [-0.2, -0.15) is 4.98 Å². The molecular weight excluding hydrogens is 570 g/mol. The van der Waals surface area contributed by atoms with Crippen LogP contribution in [0.5, 0.6) is 0 Å². The van der Waals surface area contributed by atoms with Crippen molar-refractivity contribution in [3.05, 3.63) is 88.2 Å². The first-order valence-corrected chi connectivity index (χ1v) is 16.2. The lowest BCUT2D eigenvalue weighted by Crippen LogP contribution is -2.25. The maximum absolute atomic E-state index is 15.0. The molecule has 2 heterocycles. The Bertz CT molecular complexity index is 1580. The molecule has 2 aromatic carbocycles. The fourth-order valence-electron chi connectivity index (χ4n) is 4.95. The molecule has 0 aliphatic carbocycles. The zero-order valence-electron chi connectivity index (χ0n) is 28.2. The maximum atomic E-state index is 15.0. The summed E-state index contributed by atoms with van der Waals surface area (Å²) < 4.78 is 31.0. The molecule has 0 bridgehead atoms. The molecule has 45 heavy (non-hydrogen) atoms. The molecular formula is C36H50F2N6O. The van der Waals surface area contributed by atoms with E-state index in [4.69, 9.17) is 4.98 Å². The number of benzene rings is 2. The number of hydrogen-bond donors (Lipinski definition) is 2. The monoisotopic (exact) mass is 620 g/mol. The van der Waals surface area contributed by atoms with Gasteiger partial charge in [-0.1, -0.05) is 79.3 Å². The summed E-state index contributed by atoms with van der Waals surface area (Å²) in [5.41, 5.74) is 3.07. The zero-order valence-corrected chi connectivity index (χ0v) is 28.2. The Balaban J connectivity index is 0.00000169. The predicted molar refractivity (Wildman–Crippen MR) is 186 cm³/mol. The second kappa shape index (κ2) is 18.6. The maximum Gasteiger partial charge on any atom is 0.256 e. The summed E-state index contributed by atoms with van der Waals surface area (Å²) >= 11 is 0. The number of para-hydroxylation sites is 1. The van der Waals surface area contributed by atoms with E-state index in [0.29, 0.717) is 17.6 Å². The molecule has 4 aromatic rings. The topological polar surface area (TPSA) is 75.1 Å². The van der Waals surface area contributed by atoms with Crippen molar-refractivity contribution in [2.75, 3.05) is 38.0 Å². The van der Waals surface area contributed by atoms with E-state index < -0.39 is 22.9 Å². The molecule has 2 aromatic heterocycles. The second-order valence-electron chi connectivity index (χ2n) is 9.90.